The minimum absolute atomic E-state index is 0.265. The third kappa shape index (κ3) is 19.2. The smallest absolute Gasteiger partial charge is 0.433 e. The fraction of sp³-hybridized carbons (Fsp3) is 0. The molecular weight excluding hydrogens is 1020 g/mol. The van der Waals surface area contributed by atoms with Crippen molar-refractivity contribution in [2.24, 2.45) is 0 Å². The number of furan rings is 2. The average molecular weight is 1070 g/mol. The molecule has 9 N–H and O–H groups in total. The highest BCUT2D eigenvalue weighted by molar-refractivity contribution is 7.08. The third-order valence-electron chi connectivity index (χ3n) is 10.5. The monoisotopic (exact) mass is 1070 g/mol. The van der Waals surface area contributed by atoms with Gasteiger partial charge < -0.3 is 23.8 Å². The molecule has 0 saturated heterocycles. The summed E-state index contributed by atoms with van der Waals surface area (Å²) in [5, 5.41) is 55.7. The second kappa shape index (κ2) is 30.1. The van der Waals surface area contributed by atoms with Gasteiger partial charge in [0.15, 0.2) is 0 Å². The second-order valence-corrected chi connectivity index (χ2v) is 16.9. The number of H-pyrrole nitrogens is 9. The summed E-state index contributed by atoms with van der Waals surface area (Å²) in [5.41, 5.74) is 11.5. The van der Waals surface area contributed by atoms with Gasteiger partial charge in [-0.1, -0.05) is 30.4 Å². The number of para-hydroxylation sites is 1. The van der Waals surface area contributed by atoms with Gasteiger partial charge in [0.25, 0.3) is 0 Å². The van der Waals surface area contributed by atoms with E-state index in [2.05, 4.69) is 117 Å². The molecule has 0 radical (unpaired) electrons. The lowest BCUT2D eigenvalue weighted by Gasteiger charge is -1.85. The number of hydrogen-bond acceptors (Lipinski definition) is 11. The average Bonchev–Trinajstić information content (AvgIpc) is 4.32. The van der Waals surface area contributed by atoms with Gasteiger partial charge in [-0.15, -0.1) is 0 Å². The van der Waals surface area contributed by atoms with Crippen molar-refractivity contribution < 1.29 is 13.8 Å². The first-order valence-electron chi connectivity index (χ1n) is 24.2. The first-order chi connectivity index (χ1) is 39.0. The molecule has 0 atom stereocenters. The Labute approximate surface area is 455 Å². The molecule has 12 aromatic heterocycles. The first kappa shape index (κ1) is 54.0. The van der Waals surface area contributed by atoms with Gasteiger partial charge in [-0.3, -0.25) is 40.7 Å². The molecule has 0 spiro atoms. The Morgan fingerprint density at radius 3 is 1.46 bits per heavy atom. The molecule has 20 nitrogen and oxygen atoms in total. The molecule has 21 heteroatoms. The number of benzene rings is 1. The van der Waals surface area contributed by atoms with Gasteiger partial charge in [-0.05, 0) is 179 Å². The Morgan fingerprint density at radius 2 is 1.00 bits per heavy atom. The van der Waals surface area contributed by atoms with Gasteiger partial charge >= 0.3 is 5.88 Å². The number of nitro groups is 1. The Balaban J connectivity index is 0.000000125. The van der Waals surface area contributed by atoms with Crippen LogP contribution in [0.5, 0.6) is 0 Å². The van der Waals surface area contributed by atoms with Crippen LogP contribution < -0.4 is 0 Å². The largest absolute Gasteiger partial charge is 0.465 e. The van der Waals surface area contributed by atoms with Gasteiger partial charge in [0, 0.05) is 72.7 Å². The van der Waals surface area contributed by atoms with Crippen LogP contribution >= 0.6 is 11.3 Å². The molecule has 0 unspecified atom stereocenters. The maximum Gasteiger partial charge on any atom is 0.433 e. The maximum absolute atomic E-state index is 10.3. The van der Waals surface area contributed by atoms with E-state index >= 15 is 0 Å². The summed E-state index contributed by atoms with van der Waals surface area (Å²) in [5.74, 6) is 1.00. The molecule has 12 heterocycles. The summed E-state index contributed by atoms with van der Waals surface area (Å²) in [6.07, 6.45) is 40.8. The van der Waals surface area contributed by atoms with E-state index in [1.54, 1.807) is 73.0 Å². The van der Waals surface area contributed by atoms with E-state index < -0.39 is 4.92 Å². The molecule has 0 bridgehead atoms. The van der Waals surface area contributed by atoms with E-state index in [9.17, 15) is 10.1 Å². The quantitative estimate of drug-likeness (QED) is 0.0389. The standard InChI is InChI=1S/C13H11N3.C9H7N3O3.2C9H9N3.C9H8N2O.C9H8N2S/c1-2-4-13-10(3-1)9-12(15-13)6-5-11-7-8-14-16-11;13-12(14)9-4-3-8(15-9)2-1-7-5-6-10-11-7;1(8-3-5-10-7-8)2-9-4-6-11-12-9;1-2-8(10-6-1)3-4-9-5-7-11-12-9;1-2-9(12-7-1)4-3-8-5-6-10-11-8;1(8-4-6-12-7-8)2-9-3-5-10-11-9/h1-9,15H,(H,14,16);1-6H,(H,10,11);2*1-7,10H,(H,11,12);2*1-7H,(H,10,11)/b6-5+;2*2-1+;2*4-3+;2-1+. The van der Waals surface area contributed by atoms with Crippen molar-refractivity contribution in [3.05, 3.63) is 266 Å². The number of hydrogen-bond donors (Lipinski definition) is 9. The molecule has 0 aliphatic heterocycles. The van der Waals surface area contributed by atoms with Crippen LogP contribution in [0.3, 0.4) is 0 Å². The van der Waals surface area contributed by atoms with Crippen LogP contribution in [0.2, 0.25) is 0 Å². The Morgan fingerprint density at radius 1 is 0.468 bits per heavy atom. The van der Waals surface area contributed by atoms with Crippen molar-refractivity contribution in [3.8, 4) is 0 Å². The Bertz CT molecular complexity index is 3310. The van der Waals surface area contributed by atoms with E-state index in [0.29, 0.717) is 5.76 Å². The number of nitrogens with zero attached hydrogens (tertiary/aromatic N) is 7. The highest BCUT2D eigenvalue weighted by atomic mass is 32.1. The normalized spacial score (nSPS) is 11.1. The van der Waals surface area contributed by atoms with Gasteiger partial charge in [-0.2, -0.15) is 41.9 Å². The molecule has 0 saturated carbocycles. The third-order valence-corrected chi connectivity index (χ3v) is 11.2. The van der Waals surface area contributed by atoms with Crippen LogP contribution in [-0.2, 0) is 0 Å². The van der Waals surface area contributed by atoms with Crippen molar-refractivity contribution >= 4 is 101 Å². The van der Waals surface area contributed by atoms with Gasteiger partial charge in [0.1, 0.15) is 16.4 Å². The van der Waals surface area contributed by atoms with Crippen LogP contribution in [-0.4, -0.2) is 81.1 Å². The maximum atomic E-state index is 10.3. The molecule has 79 heavy (non-hydrogen) atoms. The predicted molar refractivity (Wildman–Crippen MR) is 313 cm³/mol. The highest BCUT2D eigenvalue weighted by Gasteiger charge is 2.09. The molecule has 394 valence electrons. The van der Waals surface area contributed by atoms with Crippen molar-refractivity contribution in [2.75, 3.05) is 0 Å². The van der Waals surface area contributed by atoms with E-state index in [1.807, 2.05) is 146 Å². The summed E-state index contributed by atoms with van der Waals surface area (Å²) < 4.78 is 10.0. The van der Waals surface area contributed by atoms with Crippen molar-refractivity contribution in [3.63, 3.8) is 0 Å². The zero-order chi connectivity index (χ0) is 54.4. The number of rotatable bonds is 13. The summed E-state index contributed by atoms with van der Waals surface area (Å²) in [4.78, 5) is 19.1. The summed E-state index contributed by atoms with van der Waals surface area (Å²) >= 11 is 1.70. The van der Waals surface area contributed by atoms with Crippen molar-refractivity contribution in [1.82, 2.24) is 76.1 Å². The minimum atomic E-state index is -0.576. The van der Waals surface area contributed by atoms with Crippen LogP contribution in [0.4, 0.5) is 5.88 Å². The van der Waals surface area contributed by atoms with Crippen molar-refractivity contribution in [1.29, 1.82) is 0 Å². The first-order valence-corrected chi connectivity index (χ1v) is 25.1. The molecule has 13 aromatic rings. The molecule has 0 aliphatic carbocycles. The summed E-state index contributed by atoms with van der Waals surface area (Å²) in [6, 6.07) is 36.4. The van der Waals surface area contributed by atoms with Crippen LogP contribution in [0.25, 0.3) is 83.8 Å². The minimum Gasteiger partial charge on any atom is -0.465 e. The van der Waals surface area contributed by atoms with Crippen molar-refractivity contribution in [2.45, 2.75) is 0 Å². The highest BCUT2D eigenvalue weighted by Crippen LogP contribution is 2.18. The molecule has 0 fully saturated rings. The SMILES string of the molecule is C(=C\c1cc2ccccc2[nH]1)/c1ccn[nH]1.C(=C\c1ccco1)/c1ccn[nH]1.C(=C\c1ccn[nH]1)/c1cc[nH]c1.C(=C\c1ccn[nH]1)/c1ccc[nH]1.C(=C\c1ccn[nH]1)/c1ccsc1.O=[N+]([O-])c1ccc(/C=C/c2ccn[nH]2)o1. The number of nitrogens with one attached hydrogen (secondary N) is 9. The van der Waals surface area contributed by atoms with Gasteiger partial charge in [0.2, 0.25) is 0 Å². The number of aromatic amines is 9. The van der Waals surface area contributed by atoms with E-state index in [4.69, 9.17) is 8.83 Å². The molecule has 0 amide bonds. The van der Waals surface area contributed by atoms with Crippen LogP contribution in [0.1, 0.15) is 68.2 Å². The number of fused-ring (bicyclic) bond motifs is 1. The second-order valence-electron chi connectivity index (χ2n) is 16.2. The Kier molecular flexibility index (Phi) is 20.6. The van der Waals surface area contributed by atoms with E-state index in [1.165, 1.54) is 23.1 Å². The zero-order valence-corrected chi connectivity index (χ0v) is 42.8. The lowest BCUT2D eigenvalue weighted by Crippen LogP contribution is -1.82. The number of aromatic nitrogens is 15. The van der Waals surface area contributed by atoms with Gasteiger partial charge in [0.05, 0.1) is 46.5 Å². The van der Waals surface area contributed by atoms with Gasteiger partial charge in [-0.25, -0.2) is 0 Å². The predicted octanol–water partition coefficient (Wildman–Crippen LogP) is 13.8. The lowest BCUT2D eigenvalue weighted by molar-refractivity contribution is -0.402. The molecule has 0 aliphatic rings. The fourth-order valence-electron chi connectivity index (χ4n) is 6.59. The molecule has 13 rings (SSSR count). The lowest BCUT2D eigenvalue weighted by atomic mass is 10.2. The Hall–Kier alpha value is -11.3. The fourth-order valence-corrected chi connectivity index (χ4v) is 7.22. The number of thiophene rings is 1. The molecule has 1 aromatic carbocycles. The topological polar surface area (TPSA) is 289 Å². The van der Waals surface area contributed by atoms with E-state index in [0.717, 1.165) is 62.4 Å². The summed E-state index contributed by atoms with van der Waals surface area (Å²) in [6.45, 7) is 0. The van der Waals surface area contributed by atoms with Crippen LogP contribution in [0.15, 0.2) is 197 Å². The zero-order valence-electron chi connectivity index (χ0n) is 42.0. The van der Waals surface area contributed by atoms with E-state index in [-0.39, 0.29) is 5.88 Å². The van der Waals surface area contributed by atoms with Crippen LogP contribution in [0, 0.1) is 10.1 Å². The summed E-state index contributed by atoms with van der Waals surface area (Å²) in [7, 11) is 0. The molecular formula is C58H52N16O4S.